The number of carbonyl (C=O) groups is 2. The number of rotatable bonds is 10. The number of benzene rings is 2. The Morgan fingerprint density at radius 2 is 1.70 bits per heavy atom. The third kappa shape index (κ3) is 12.5. The lowest BCUT2D eigenvalue weighted by Gasteiger charge is -2.23. The minimum Gasteiger partial charge on any atom is -0.465 e. The molecular weight excluding hydrogens is 916 g/mol. The molecule has 10 nitrogen and oxygen atoms in total. The number of thiol groups is 1. The third-order valence-electron chi connectivity index (χ3n) is 9.27. The monoisotopic (exact) mass is 953 g/mol. The van der Waals surface area contributed by atoms with Crippen molar-refractivity contribution in [2.75, 3.05) is 24.4 Å². The molecule has 0 radical (unpaired) electrons. The minimum absolute atomic E-state index is 0.0185. The number of fused-ring (bicyclic) bond motifs is 1. The summed E-state index contributed by atoms with van der Waals surface area (Å²) in [4.78, 5) is 33.6. The standard InChI is InChI=1S/C39H34ClF10N7O3S.CH4S/c1-18-15-37(43,44)33(28(18)32(51)39(48,49)50)52-16-27(58)54-26(13-19-11-20(41)14-21(42)12-19)30-23(6-5-22(53-30)9-10-36(2,3)61-4)24-7-8-25(40)29-31(24)57(17-38(45,46)47)56-34(29)55-35(59)60;1-2/h5-8,11-12,14,18,26H,13,15-17,51H2,1-4H3,(H,54,58)(H,55,56)(H,59,60);2H,1H3/b32-28-,52-33?;/t18-,26?;/m0./s1. The van der Waals surface area contributed by atoms with Crippen molar-refractivity contribution in [3.8, 4) is 23.0 Å². The average Bonchev–Trinajstić information content (AvgIpc) is 3.62. The number of hydrogen-bond acceptors (Lipinski definition) is 8. The van der Waals surface area contributed by atoms with Crippen molar-refractivity contribution in [2.45, 2.75) is 69.2 Å². The lowest BCUT2D eigenvalue weighted by molar-refractivity contribution is -0.141. The summed E-state index contributed by atoms with van der Waals surface area (Å²) in [6, 6.07) is 5.98. The van der Waals surface area contributed by atoms with Crippen LogP contribution < -0.4 is 16.4 Å². The van der Waals surface area contributed by atoms with Gasteiger partial charge >= 0.3 is 18.4 Å². The molecule has 0 aliphatic heterocycles. The molecule has 0 spiro atoms. The second-order valence-corrected chi connectivity index (χ2v) is 16.2. The van der Waals surface area contributed by atoms with E-state index >= 15 is 8.78 Å². The van der Waals surface area contributed by atoms with E-state index in [2.05, 4.69) is 44.9 Å². The second kappa shape index (κ2) is 19.7. The Hall–Kier alpha value is -5.14. The number of aromatic nitrogens is 3. The fourth-order valence-corrected chi connectivity index (χ4v) is 7.00. The highest BCUT2D eigenvalue weighted by atomic mass is 35.5. The van der Waals surface area contributed by atoms with Gasteiger partial charge in [-0.15, -0.1) is 11.8 Å². The van der Waals surface area contributed by atoms with Crippen molar-refractivity contribution >= 4 is 70.4 Å². The normalized spacial score (nSPS) is 17.1. The van der Waals surface area contributed by atoms with E-state index in [4.69, 9.17) is 17.3 Å². The second-order valence-electron chi connectivity index (χ2n) is 14.4. The first kappa shape index (κ1) is 50.5. The fraction of sp³-hybridized carbons (Fsp3) is 0.375. The molecule has 5 N–H and O–H groups in total. The molecule has 1 unspecified atom stereocenters. The van der Waals surface area contributed by atoms with Crippen LogP contribution in [0.2, 0.25) is 5.02 Å². The predicted octanol–water partition coefficient (Wildman–Crippen LogP) is 10.0. The van der Waals surface area contributed by atoms with Crippen LogP contribution in [0.15, 0.2) is 58.7 Å². The van der Waals surface area contributed by atoms with E-state index in [1.165, 1.54) is 36.0 Å². The zero-order chi connectivity index (χ0) is 47.4. The Morgan fingerprint density at radius 1 is 1.08 bits per heavy atom. The summed E-state index contributed by atoms with van der Waals surface area (Å²) in [6.45, 7) is 1.68. The van der Waals surface area contributed by atoms with Crippen LogP contribution in [-0.4, -0.2) is 79.7 Å². The van der Waals surface area contributed by atoms with Gasteiger partial charge in [-0.05, 0) is 80.5 Å². The number of halogens is 11. The smallest absolute Gasteiger partial charge is 0.431 e. The van der Waals surface area contributed by atoms with Gasteiger partial charge in [0.05, 0.1) is 32.4 Å². The molecule has 2 amide bonds. The summed E-state index contributed by atoms with van der Waals surface area (Å²) in [5.74, 6) is -3.35. The SMILES string of the molecule is CS.CSC(C)(C)C#Cc1ccc(-c2ccc(Cl)c3c(NC(=O)O)nn(CC(F)(F)F)c23)c(C(Cc2cc(F)cc(F)c2)NC(=O)CN=C2/C(=C(\N)C(F)(F)F)[C@@H](C)CC2(F)F)n1. The van der Waals surface area contributed by atoms with Gasteiger partial charge in [0.25, 0.3) is 5.92 Å². The van der Waals surface area contributed by atoms with E-state index in [0.29, 0.717) is 10.7 Å². The van der Waals surface area contributed by atoms with Gasteiger partial charge < -0.3 is 16.2 Å². The predicted molar refractivity (Wildman–Crippen MR) is 224 cm³/mol. The number of carbonyl (C=O) groups excluding carboxylic acids is 1. The van der Waals surface area contributed by atoms with E-state index in [1.54, 1.807) is 26.4 Å². The fourth-order valence-electron chi connectivity index (χ4n) is 6.61. The maximum atomic E-state index is 15.1. The summed E-state index contributed by atoms with van der Waals surface area (Å²) in [5, 5.41) is 17.2. The van der Waals surface area contributed by atoms with Gasteiger partial charge in [-0.3, -0.25) is 19.8 Å². The van der Waals surface area contributed by atoms with Gasteiger partial charge in [0.1, 0.15) is 41.8 Å². The first-order valence-corrected chi connectivity index (χ1v) is 20.7. The van der Waals surface area contributed by atoms with E-state index in [9.17, 15) is 49.8 Å². The van der Waals surface area contributed by atoms with Gasteiger partial charge in [0.2, 0.25) is 5.91 Å². The van der Waals surface area contributed by atoms with E-state index in [-0.39, 0.29) is 44.0 Å². The molecule has 2 atom stereocenters. The number of pyridine rings is 1. The number of aliphatic imine (C=N–C) groups is 1. The number of anilines is 1. The number of hydrogen-bond donors (Lipinski definition) is 5. The van der Waals surface area contributed by atoms with Crippen LogP contribution in [0.4, 0.5) is 54.5 Å². The van der Waals surface area contributed by atoms with Crippen LogP contribution in [-0.2, 0) is 17.8 Å². The van der Waals surface area contributed by atoms with Crippen LogP contribution >= 0.6 is 36.0 Å². The molecule has 2 aromatic carbocycles. The minimum atomic E-state index is -5.22. The summed E-state index contributed by atoms with van der Waals surface area (Å²) in [5.41, 5.74) is 0.171. The van der Waals surface area contributed by atoms with E-state index in [0.717, 1.165) is 19.1 Å². The van der Waals surface area contributed by atoms with Crippen LogP contribution in [0, 0.1) is 29.4 Å². The number of alkyl halides is 8. The zero-order valence-corrected chi connectivity index (χ0v) is 36.1. The van der Waals surface area contributed by atoms with Crippen molar-refractivity contribution in [1.29, 1.82) is 0 Å². The van der Waals surface area contributed by atoms with Crippen molar-refractivity contribution in [3.05, 3.63) is 87.3 Å². The number of nitrogens with zero attached hydrogens (tertiary/aromatic N) is 4. The molecular formula is C40H38ClF10N7O3S2. The maximum absolute atomic E-state index is 15.1. The molecule has 63 heavy (non-hydrogen) atoms. The molecule has 23 heteroatoms. The number of amides is 2. The summed E-state index contributed by atoms with van der Waals surface area (Å²) in [6.07, 6.45) is -9.98. The Balaban J connectivity index is 0.00000429. The van der Waals surface area contributed by atoms with Gasteiger partial charge in [0, 0.05) is 29.2 Å². The van der Waals surface area contributed by atoms with Crippen LogP contribution in [0.1, 0.15) is 50.2 Å². The summed E-state index contributed by atoms with van der Waals surface area (Å²) >= 11 is 11.3. The lowest BCUT2D eigenvalue weighted by atomic mass is 9.93. The molecule has 1 saturated carbocycles. The van der Waals surface area contributed by atoms with Gasteiger partial charge in [-0.1, -0.05) is 30.5 Å². The quantitative estimate of drug-likeness (QED) is 0.0604. The molecule has 2 aromatic heterocycles. The Labute approximate surface area is 368 Å². The number of nitrogens with two attached hydrogens (primary N) is 1. The lowest BCUT2D eigenvalue weighted by Crippen LogP contribution is -2.34. The molecule has 5 rings (SSSR count). The van der Waals surface area contributed by atoms with Crippen molar-refractivity contribution in [2.24, 2.45) is 16.6 Å². The molecule has 1 fully saturated rings. The molecule has 340 valence electrons. The molecule has 1 aliphatic carbocycles. The highest BCUT2D eigenvalue weighted by molar-refractivity contribution is 8.00. The number of allylic oxidation sites excluding steroid dienone is 2. The molecule has 2 heterocycles. The Morgan fingerprint density at radius 3 is 2.27 bits per heavy atom. The molecule has 0 saturated heterocycles. The third-order valence-corrected chi connectivity index (χ3v) is 10.7. The van der Waals surface area contributed by atoms with Crippen molar-refractivity contribution in [1.82, 2.24) is 20.1 Å². The summed E-state index contributed by atoms with van der Waals surface area (Å²) in [7, 11) is 0. The van der Waals surface area contributed by atoms with Crippen LogP contribution in [0.5, 0.6) is 0 Å². The highest BCUT2D eigenvalue weighted by Crippen LogP contribution is 2.44. The largest absolute Gasteiger partial charge is 0.465 e. The number of nitrogens with one attached hydrogen (secondary N) is 2. The van der Waals surface area contributed by atoms with Crippen LogP contribution in [0.25, 0.3) is 22.0 Å². The Kier molecular flexibility index (Phi) is 15.8. The van der Waals surface area contributed by atoms with E-state index in [1.807, 2.05) is 5.32 Å². The van der Waals surface area contributed by atoms with Gasteiger partial charge in [-0.2, -0.15) is 52.9 Å². The first-order chi connectivity index (χ1) is 29.2. The summed E-state index contributed by atoms with van der Waals surface area (Å²) < 4.78 is 142. The van der Waals surface area contributed by atoms with Crippen molar-refractivity contribution in [3.63, 3.8) is 0 Å². The first-order valence-electron chi connectivity index (χ1n) is 18.2. The highest BCUT2D eigenvalue weighted by Gasteiger charge is 2.52. The average molecular weight is 954 g/mol. The topological polar surface area (TPSA) is 148 Å². The number of carboxylic acid groups (broad SMARTS) is 1. The van der Waals surface area contributed by atoms with Gasteiger partial charge in [-0.25, -0.2) is 18.6 Å². The Bertz CT molecular complexity index is 2490. The maximum Gasteiger partial charge on any atom is 0.431 e. The zero-order valence-electron chi connectivity index (χ0n) is 33.7. The van der Waals surface area contributed by atoms with Crippen molar-refractivity contribution < 1.29 is 58.6 Å². The van der Waals surface area contributed by atoms with E-state index < -0.39 is 107 Å². The van der Waals surface area contributed by atoms with Gasteiger partial charge in [0.15, 0.2) is 5.82 Å². The molecule has 4 aromatic rings. The molecule has 1 aliphatic rings. The van der Waals surface area contributed by atoms with Crippen LogP contribution in [0.3, 0.4) is 0 Å². The number of thioether (sulfide) groups is 1. The molecule has 0 bridgehead atoms.